The van der Waals surface area contributed by atoms with Crippen LogP contribution in [0.15, 0.2) is 54.7 Å². The van der Waals surface area contributed by atoms with Crippen molar-refractivity contribution in [2.75, 3.05) is 11.5 Å². The molecule has 9 heteroatoms. The highest BCUT2D eigenvalue weighted by Gasteiger charge is 2.22. The molecule has 0 atom stereocenters. The van der Waals surface area contributed by atoms with Crippen LogP contribution in [-0.4, -0.2) is 22.5 Å². The number of ether oxygens (including phenoxy) is 1. The van der Waals surface area contributed by atoms with E-state index in [0.717, 1.165) is 21.5 Å². The molecule has 2 aromatic carbocycles. The second-order valence-corrected chi connectivity index (χ2v) is 8.94. The van der Waals surface area contributed by atoms with E-state index in [1.807, 2.05) is 37.3 Å². The van der Waals surface area contributed by atoms with Gasteiger partial charge in [0, 0.05) is 16.2 Å². The average Bonchev–Trinajstić information content (AvgIpc) is 3.19. The first-order valence-corrected chi connectivity index (χ1v) is 11.2. The minimum atomic E-state index is -0.278. The molecule has 158 valence electrons. The van der Waals surface area contributed by atoms with Crippen molar-refractivity contribution in [3.63, 3.8) is 0 Å². The predicted molar refractivity (Wildman–Crippen MR) is 127 cm³/mol. The van der Waals surface area contributed by atoms with Gasteiger partial charge in [0.15, 0.2) is 11.7 Å². The maximum atomic E-state index is 13.2. The topological polar surface area (TPSA) is 55.3 Å². The molecule has 0 aliphatic rings. The lowest BCUT2D eigenvalue weighted by atomic mass is 10.2. The molecular formula is C22H16Cl3N3O2S. The van der Waals surface area contributed by atoms with Crippen molar-refractivity contribution in [3.8, 4) is 5.75 Å². The molecule has 0 radical (unpaired) electrons. The number of hydrogen-bond acceptors (Lipinski definition) is 5. The Morgan fingerprint density at radius 2 is 1.94 bits per heavy atom. The molecule has 0 spiro atoms. The molecule has 0 aliphatic carbocycles. The van der Waals surface area contributed by atoms with Crippen molar-refractivity contribution in [2.45, 2.75) is 13.5 Å². The summed E-state index contributed by atoms with van der Waals surface area (Å²) >= 11 is 19.7. The van der Waals surface area contributed by atoms with E-state index in [-0.39, 0.29) is 19.1 Å². The number of hydrogen-bond donors (Lipinski definition) is 0. The van der Waals surface area contributed by atoms with Gasteiger partial charge in [0.05, 0.1) is 27.5 Å². The number of carbonyl (C=O) groups is 1. The Hall–Kier alpha value is -2.38. The van der Waals surface area contributed by atoms with Gasteiger partial charge in [0.25, 0.3) is 5.91 Å². The lowest BCUT2D eigenvalue weighted by Gasteiger charge is -2.20. The van der Waals surface area contributed by atoms with Gasteiger partial charge in [0.1, 0.15) is 5.75 Å². The average molecular weight is 493 g/mol. The largest absolute Gasteiger partial charge is 0.482 e. The van der Waals surface area contributed by atoms with Crippen molar-refractivity contribution >= 4 is 67.4 Å². The molecule has 0 unspecified atom stereocenters. The van der Waals surface area contributed by atoms with Gasteiger partial charge >= 0.3 is 0 Å². The Balaban J connectivity index is 1.64. The number of thiazole rings is 1. The third-order valence-electron chi connectivity index (χ3n) is 4.56. The number of fused-ring (bicyclic) bond motifs is 1. The second kappa shape index (κ2) is 9.40. The summed E-state index contributed by atoms with van der Waals surface area (Å²) in [5, 5.41) is 2.00. The molecule has 0 saturated heterocycles. The van der Waals surface area contributed by atoms with E-state index in [1.54, 1.807) is 29.3 Å². The predicted octanol–water partition coefficient (Wildman–Crippen LogP) is 6.57. The summed E-state index contributed by atoms with van der Waals surface area (Å²) in [4.78, 5) is 23.8. The van der Waals surface area contributed by atoms with Crippen molar-refractivity contribution < 1.29 is 9.53 Å². The molecule has 0 N–H and O–H groups in total. The van der Waals surface area contributed by atoms with Gasteiger partial charge in [-0.2, -0.15) is 0 Å². The fourth-order valence-electron chi connectivity index (χ4n) is 2.93. The van der Waals surface area contributed by atoms with Crippen LogP contribution in [0.3, 0.4) is 0 Å². The minimum absolute atomic E-state index is 0.218. The zero-order valence-corrected chi connectivity index (χ0v) is 19.4. The zero-order chi connectivity index (χ0) is 22.0. The van der Waals surface area contributed by atoms with Crippen LogP contribution in [0.5, 0.6) is 5.75 Å². The first-order valence-electron chi connectivity index (χ1n) is 9.26. The summed E-state index contributed by atoms with van der Waals surface area (Å²) in [7, 11) is 0. The highest BCUT2D eigenvalue weighted by atomic mass is 35.5. The maximum Gasteiger partial charge on any atom is 0.267 e. The number of carbonyl (C=O) groups excluding carboxylic acids is 1. The van der Waals surface area contributed by atoms with Gasteiger partial charge < -0.3 is 4.74 Å². The molecular weight excluding hydrogens is 477 g/mol. The molecule has 1 amide bonds. The number of anilines is 1. The lowest BCUT2D eigenvalue weighted by molar-refractivity contribution is -0.120. The van der Waals surface area contributed by atoms with E-state index in [2.05, 4.69) is 9.97 Å². The molecule has 0 aliphatic heterocycles. The van der Waals surface area contributed by atoms with Crippen molar-refractivity contribution in [3.05, 3.63) is 81.1 Å². The van der Waals surface area contributed by atoms with Crippen molar-refractivity contribution in [1.82, 2.24) is 9.97 Å². The summed E-state index contributed by atoms with van der Waals surface area (Å²) in [5.74, 6) is 0.101. The Morgan fingerprint density at radius 3 is 2.68 bits per heavy atom. The molecule has 0 saturated carbocycles. The Morgan fingerprint density at radius 1 is 1.10 bits per heavy atom. The normalized spacial score (nSPS) is 11.0. The lowest BCUT2D eigenvalue weighted by Crippen LogP contribution is -2.34. The molecule has 31 heavy (non-hydrogen) atoms. The minimum Gasteiger partial charge on any atom is -0.482 e. The zero-order valence-electron chi connectivity index (χ0n) is 16.3. The molecule has 4 aromatic rings. The summed E-state index contributed by atoms with van der Waals surface area (Å²) in [6, 6.07) is 14.1. The van der Waals surface area contributed by atoms with Crippen molar-refractivity contribution in [1.29, 1.82) is 0 Å². The van der Waals surface area contributed by atoms with Gasteiger partial charge in [-0.05, 0) is 55.0 Å². The van der Waals surface area contributed by atoms with Crippen LogP contribution in [0.25, 0.3) is 10.2 Å². The summed E-state index contributed by atoms with van der Waals surface area (Å²) in [6.07, 6.45) is 1.68. The summed E-state index contributed by atoms with van der Waals surface area (Å²) in [5.41, 5.74) is 2.37. The molecule has 0 bridgehead atoms. The third-order valence-corrected chi connectivity index (χ3v) is 6.54. The van der Waals surface area contributed by atoms with Gasteiger partial charge in [-0.3, -0.25) is 14.7 Å². The van der Waals surface area contributed by atoms with E-state index in [9.17, 15) is 4.79 Å². The highest BCUT2D eigenvalue weighted by molar-refractivity contribution is 7.22. The fourth-order valence-corrected chi connectivity index (χ4v) is 4.59. The van der Waals surface area contributed by atoms with Gasteiger partial charge in [-0.1, -0.05) is 52.2 Å². The molecule has 0 fully saturated rings. The molecule has 2 aromatic heterocycles. The number of benzene rings is 2. The number of halogens is 3. The van der Waals surface area contributed by atoms with Gasteiger partial charge in [-0.25, -0.2) is 4.98 Å². The SMILES string of the molecule is Cc1c(Cl)ccc2sc(N(Cc3ccccn3)C(=O)COc3ccc(Cl)cc3Cl)nc12. The Kier molecular flexibility index (Phi) is 6.62. The monoisotopic (exact) mass is 491 g/mol. The van der Waals surface area contributed by atoms with E-state index >= 15 is 0 Å². The second-order valence-electron chi connectivity index (χ2n) is 6.68. The van der Waals surface area contributed by atoms with Gasteiger partial charge in [-0.15, -0.1) is 0 Å². The number of amides is 1. The van der Waals surface area contributed by atoms with Crippen LogP contribution >= 0.6 is 46.1 Å². The van der Waals surface area contributed by atoms with Crippen LogP contribution in [0.2, 0.25) is 15.1 Å². The van der Waals surface area contributed by atoms with Gasteiger partial charge in [0.2, 0.25) is 0 Å². The van der Waals surface area contributed by atoms with E-state index in [4.69, 9.17) is 39.5 Å². The number of pyridine rings is 1. The number of nitrogens with zero attached hydrogens (tertiary/aromatic N) is 3. The van der Waals surface area contributed by atoms with Crippen LogP contribution in [0, 0.1) is 6.92 Å². The Labute approximate surface area is 198 Å². The Bertz CT molecular complexity index is 1250. The quantitative estimate of drug-likeness (QED) is 0.305. The molecule has 2 heterocycles. The van der Waals surface area contributed by atoms with Crippen LogP contribution in [0.4, 0.5) is 5.13 Å². The van der Waals surface area contributed by atoms with E-state index in [1.165, 1.54) is 11.3 Å². The van der Waals surface area contributed by atoms with Crippen LogP contribution in [0.1, 0.15) is 11.3 Å². The van der Waals surface area contributed by atoms with E-state index < -0.39 is 0 Å². The number of rotatable bonds is 6. The number of aromatic nitrogens is 2. The highest BCUT2D eigenvalue weighted by Crippen LogP contribution is 2.34. The van der Waals surface area contributed by atoms with Crippen LogP contribution in [-0.2, 0) is 11.3 Å². The molecule has 4 rings (SSSR count). The fraction of sp³-hybridized carbons (Fsp3) is 0.136. The summed E-state index contributed by atoms with van der Waals surface area (Å²) < 4.78 is 6.61. The first kappa shape index (κ1) is 21.8. The number of aryl methyl sites for hydroxylation is 1. The standard InChI is InChI=1S/C22H16Cl3N3O2S/c1-13-16(24)6-8-19-21(13)27-22(31-19)28(11-15-4-2-3-9-26-15)20(29)12-30-18-7-5-14(23)10-17(18)25/h2-10H,11-12H2,1H3. The smallest absolute Gasteiger partial charge is 0.267 e. The van der Waals surface area contributed by atoms with E-state index in [0.29, 0.717) is 25.9 Å². The first-order chi connectivity index (χ1) is 14.9. The van der Waals surface area contributed by atoms with Crippen LogP contribution < -0.4 is 9.64 Å². The third kappa shape index (κ3) is 4.93. The summed E-state index contributed by atoms with van der Waals surface area (Å²) in [6.45, 7) is 1.94. The maximum absolute atomic E-state index is 13.2. The van der Waals surface area contributed by atoms with Crippen molar-refractivity contribution in [2.24, 2.45) is 0 Å². The molecule has 5 nitrogen and oxygen atoms in total.